The van der Waals surface area contributed by atoms with Crippen molar-refractivity contribution in [1.82, 2.24) is 0 Å². The van der Waals surface area contributed by atoms with E-state index in [1.54, 1.807) is 0 Å². The van der Waals surface area contributed by atoms with Crippen molar-refractivity contribution in [2.24, 2.45) is 0 Å². The third-order valence-corrected chi connectivity index (χ3v) is 3.60. The predicted molar refractivity (Wildman–Crippen MR) is 85.6 cm³/mol. The second-order valence-corrected chi connectivity index (χ2v) is 5.38. The number of hydrogen-bond donors (Lipinski definition) is 0. The van der Waals surface area contributed by atoms with Gasteiger partial charge in [0, 0.05) is 16.6 Å². The van der Waals surface area contributed by atoms with Crippen LogP contribution in [-0.4, -0.2) is 19.7 Å². The first-order chi connectivity index (χ1) is 10.3. The Kier molecular flexibility index (Phi) is 5.96. The Hall–Kier alpha value is -1.65. The summed E-state index contributed by atoms with van der Waals surface area (Å²) in [6.45, 7) is 2.66. The summed E-state index contributed by atoms with van der Waals surface area (Å²) in [5.74, 6) is 0.301. The summed E-state index contributed by atoms with van der Waals surface area (Å²) >= 11 is 3.42. The molecule has 0 N–H and O–H groups in total. The number of ether oxygens (including phenoxy) is 2. The van der Waals surface area contributed by atoms with Crippen molar-refractivity contribution in [2.75, 3.05) is 13.4 Å². The maximum Gasteiger partial charge on any atom is 0.189 e. The summed E-state index contributed by atoms with van der Waals surface area (Å²) in [6, 6.07) is 15.3. The fourth-order valence-electron chi connectivity index (χ4n) is 2.07. The Morgan fingerprint density at radius 3 is 2.62 bits per heavy atom. The van der Waals surface area contributed by atoms with E-state index in [2.05, 4.69) is 15.9 Å². The number of carbonyl (C=O) groups excluding carboxylic acids is 1. The van der Waals surface area contributed by atoms with Crippen LogP contribution in [0.4, 0.5) is 0 Å². The SMILES string of the molecule is CCOCOc1cc(Br)ccc1C(C=O)c1ccccc1. The maximum absolute atomic E-state index is 11.6. The van der Waals surface area contributed by atoms with Crippen LogP contribution in [0.5, 0.6) is 5.75 Å². The normalized spacial score (nSPS) is 11.9. The van der Waals surface area contributed by atoms with Gasteiger partial charge in [0.1, 0.15) is 12.0 Å². The first kappa shape index (κ1) is 15.7. The molecule has 110 valence electrons. The van der Waals surface area contributed by atoms with Crippen LogP contribution in [0.1, 0.15) is 24.0 Å². The van der Waals surface area contributed by atoms with Gasteiger partial charge < -0.3 is 14.3 Å². The topological polar surface area (TPSA) is 35.5 Å². The molecule has 0 saturated carbocycles. The van der Waals surface area contributed by atoms with Gasteiger partial charge in [-0.1, -0.05) is 52.3 Å². The van der Waals surface area contributed by atoms with Gasteiger partial charge in [-0.05, 0) is 24.6 Å². The van der Waals surface area contributed by atoms with E-state index in [1.807, 2.05) is 55.5 Å². The molecule has 1 unspecified atom stereocenters. The highest BCUT2D eigenvalue weighted by Gasteiger charge is 2.18. The number of halogens is 1. The monoisotopic (exact) mass is 348 g/mol. The van der Waals surface area contributed by atoms with E-state index in [0.29, 0.717) is 12.4 Å². The Morgan fingerprint density at radius 1 is 1.19 bits per heavy atom. The van der Waals surface area contributed by atoms with E-state index < -0.39 is 0 Å². The minimum Gasteiger partial charge on any atom is -0.467 e. The molecule has 0 heterocycles. The molecule has 2 rings (SSSR count). The van der Waals surface area contributed by atoms with Gasteiger partial charge in [-0.15, -0.1) is 0 Å². The van der Waals surface area contributed by atoms with Crippen LogP contribution in [-0.2, 0) is 9.53 Å². The van der Waals surface area contributed by atoms with Crippen LogP contribution in [0.25, 0.3) is 0 Å². The van der Waals surface area contributed by atoms with Crippen LogP contribution in [0.15, 0.2) is 53.0 Å². The molecule has 2 aromatic carbocycles. The maximum atomic E-state index is 11.6. The second-order valence-electron chi connectivity index (χ2n) is 4.46. The van der Waals surface area contributed by atoms with E-state index in [1.165, 1.54) is 0 Å². The number of aldehydes is 1. The fourth-order valence-corrected chi connectivity index (χ4v) is 2.41. The zero-order valence-electron chi connectivity index (χ0n) is 11.8. The smallest absolute Gasteiger partial charge is 0.189 e. The summed E-state index contributed by atoms with van der Waals surface area (Å²) in [6.07, 6.45) is 0.937. The summed E-state index contributed by atoms with van der Waals surface area (Å²) in [5, 5.41) is 0. The molecule has 2 aromatic rings. The van der Waals surface area contributed by atoms with Crippen molar-refractivity contribution < 1.29 is 14.3 Å². The third kappa shape index (κ3) is 4.16. The van der Waals surface area contributed by atoms with Crippen molar-refractivity contribution >= 4 is 22.2 Å². The summed E-state index contributed by atoms with van der Waals surface area (Å²) < 4.78 is 11.8. The van der Waals surface area contributed by atoms with Gasteiger partial charge in [0.15, 0.2) is 6.79 Å². The van der Waals surface area contributed by atoms with Crippen molar-refractivity contribution in [3.8, 4) is 5.75 Å². The number of carbonyl (C=O) groups is 1. The quantitative estimate of drug-likeness (QED) is 0.428. The van der Waals surface area contributed by atoms with Crippen molar-refractivity contribution in [3.05, 3.63) is 64.1 Å². The molecule has 0 bridgehead atoms. The molecule has 0 amide bonds. The van der Waals surface area contributed by atoms with Gasteiger partial charge in [0.25, 0.3) is 0 Å². The fraction of sp³-hybridized carbons (Fsp3) is 0.235. The number of hydrogen-bond acceptors (Lipinski definition) is 3. The molecule has 4 heteroatoms. The Labute approximate surface area is 133 Å². The van der Waals surface area contributed by atoms with Gasteiger partial charge >= 0.3 is 0 Å². The van der Waals surface area contributed by atoms with Crippen molar-refractivity contribution in [2.45, 2.75) is 12.8 Å². The molecule has 0 aliphatic carbocycles. The average molecular weight is 349 g/mol. The van der Waals surface area contributed by atoms with Crippen LogP contribution in [0.2, 0.25) is 0 Å². The van der Waals surface area contributed by atoms with E-state index in [4.69, 9.17) is 9.47 Å². The van der Waals surface area contributed by atoms with Gasteiger partial charge in [-0.25, -0.2) is 0 Å². The van der Waals surface area contributed by atoms with Crippen LogP contribution >= 0.6 is 15.9 Å². The van der Waals surface area contributed by atoms with Crippen molar-refractivity contribution in [3.63, 3.8) is 0 Å². The Bertz CT molecular complexity index is 584. The van der Waals surface area contributed by atoms with E-state index in [9.17, 15) is 4.79 Å². The van der Waals surface area contributed by atoms with Crippen molar-refractivity contribution in [1.29, 1.82) is 0 Å². The predicted octanol–water partition coefficient (Wildman–Crippen LogP) is 4.15. The summed E-state index contributed by atoms with van der Waals surface area (Å²) in [7, 11) is 0. The minimum atomic E-state index is -0.351. The summed E-state index contributed by atoms with van der Waals surface area (Å²) in [5.41, 5.74) is 1.77. The van der Waals surface area contributed by atoms with E-state index in [0.717, 1.165) is 21.9 Å². The lowest BCUT2D eigenvalue weighted by atomic mass is 9.92. The third-order valence-electron chi connectivity index (χ3n) is 3.11. The van der Waals surface area contributed by atoms with E-state index in [-0.39, 0.29) is 12.7 Å². The molecule has 1 atom stereocenters. The highest BCUT2D eigenvalue weighted by molar-refractivity contribution is 9.10. The molecule has 0 radical (unpaired) electrons. The molecule has 0 aliphatic heterocycles. The molecule has 0 saturated heterocycles. The standard InChI is InChI=1S/C17H17BrO3/c1-2-20-12-21-17-10-14(18)8-9-15(17)16(11-19)13-6-4-3-5-7-13/h3-11,16H,2,12H2,1H3. The first-order valence-corrected chi connectivity index (χ1v) is 7.55. The minimum absolute atomic E-state index is 0.167. The highest BCUT2D eigenvalue weighted by Crippen LogP contribution is 2.33. The van der Waals surface area contributed by atoms with E-state index >= 15 is 0 Å². The number of benzene rings is 2. The Balaban J connectivity index is 2.34. The van der Waals surface area contributed by atoms with Crippen LogP contribution in [0, 0.1) is 0 Å². The van der Waals surface area contributed by atoms with Gasteiger partial charge in [-0.2, -0.15) is 0 Å². The average Bonchev–Trinajstić information content (AvgIpc) is 2.51. The zero-order valence-corrected chi connectivity index (χ0v) is 13.4. The Morgan fingerprint density at radius 2 is 1.95 bits per heavy atom. The van der Waals surface area contributed by atoms with Gasteiger partial charge in [0.2, 0.25) is 0 Å². The first-order valence-electron chi connectivity index (χ1n) is 6.76. The molecule has 0 fully saturated rings. The zero-order chi connectivity index (χ0) is 15.1. The molecule has 0 aromatic heterocycles. The molecule has 3 nitrogen and oxygen atoms in total. The lowest BCUT2D eigenvalue weighted by molar-refractivity contribution is -0.108. The van der Waals surface area contributed by atoms with Gasteiger partial charge in [-0.3, -0.25) is 0 Å². The largest absolute Gasteiger partial charge is 0.467 e. The van der Waals surface area contributed by atoms with Crippen LogP contribution < -0.4 is 4.74 Å². The van der Waals surface area contributed by atoms with Gasteiger partial charge in [0.05, 0.1) is 5.92 Å². The molecule has 0 aliphatic rings. The van der Waals surface area contributed by atoms with Crippen LogP contribution in [0.3, 0.4) is 0 Å². The molecular formula is C17H17BrO3. The highest BCUT2D eigenvalue weighted by atomic mass is 79.9. The molecular weight excluding hydrogens is 332 g/mol. The lowest BCUT2D eigenvalue weighted by Crippen LogP contribution is -2.08. The second kappa shape index (κ2) is 7.96. The molecule has 21 heavy (non-hydrogen) atoms. The molecule has 0 spiro atoms. The number of rotatable bonds is 7. The summed E-state index contributed by atoms with van der Waals surface area (Å²) in [4.78, 5) is 11.6. The lowest BCUT2D eigenvalue weighted by Gasteiger charge is -2.17.